The molecule has 1 heterocycles. The maximum atomic E-state index is 11.8. The lowest BCUT2D eigenvalue weighted by atomic mass is 10.1. The van der Waals surface area contributed by atoms with Gasteiger partial charge in [0.1, 0.15) is 5.75 Å². The van der Waals surface area contributed by atoms with Crippen LogP contribution in [0, 0.1) is 6.92 Å². The van der Waals surface area contributed by atoms with Gasteiger partial charge in [0.2, 0.25) is 0 Å². The first-order chi connectivity index (χ1) is 8.16. The minimum absolute atomic E-state index is 0.0576. The molecule has 0 amide bonds. The zero-order valence-corrected chi connectivity index (χ0v) is 10.2. The summed E-state index contributed by atoms with van der Waals surface area (Å²) >= 11 is 1.61. The van der Waals surface area contributed by atoms with Gasteiger partial charge in [0.15, 0.2) is 5.78 Å². The van der Waals surface area contributed by atoms with Crippen molar-refractivity contribution < 1.29 is 9.90 Å². The molecule has 0 saturated heterocycles. The number of ketones is 1. The predicted octanol–water partition coefficient (Wildman–Crippen LogP) is 3.66. The van der Waals surface area contributed by atoms with Crippen molar-refractivity contribution in [1.82, 2.24) is 0 Å². The highest BCUT2D eigenvalue weighted by Gasteiger charge is 2.02. The number of carbonyl (C=O) groups is 1. The Labute approximate surface area is 104 Å². The van der Waals surface area contributed by atoms with Crippen LogP contribution in [0.15, 0.2) is 41.8 Å². The Kier molecular flexibility index (Phi) is 3.40. The molecule has 0 bridgehead atoms. The van der Waals surface area contributed by atoms with Crippen molar-refractivity contribution in [2.24, 2.45) is 0 Å². The molecule has 1 aromatic carbocycles. The molecule has 0 spiro atoms. The fourth-order valence-corrected chi connectivity index (χ4v) is 2.25. The van der Waals surface area contributed by atoms with Crippen LogP contribution in [0.4, 0.5) is 0 Å². The normalized spacial score (nSPS) is 10.9. The average Bonchev–Trinajstić information content (AvgIpc) is 2.73. The maximum absolute atomic E-state index is 11.8. The zero-order chi connectivity index (χ0) is 12.3. The summed E-state index contributed by atoms with van der Waals surface area (Å²) in [7, 11) is 0. The standard InChI is InChI=1S/C14H12O2S/c1-10-8-9-17-14(10)7-6-13(16)11-2-4-12(15)5-3-11/h2-9,15H,1H3. The molecular weight excluding hydrogens is 232 g/mol. The van der Waals surface area contributed by atoms with Crippen LogP contribution >= 0.6 is 11.3 Å². The minimum atomic E-state index is -0.0576. The molecule has 0 fully saturated rings. The number of rotatable bonds is 3. The van der Waals surface area contributed by atoms with Crippen LogP contribution in [-0.2, 0) is 0 Å². The lowest BCUT2D eigenvalue weighted by Crippen LogP contribution is -1.92. The van der Waals surface area contributed by atoms with Crippen molar-refractivity contribution >= 4 is 23.2 Å². The number of hydrogen-bond donors (Lipinski definition) is 1. The summed E-state index contributed by atoms with van der Waals surface area (Å²) in [5.74, 6) is 0.109. The summed E-state index contributed by atoms with van der Waals surface area (Å²) in [5.41, 5.74) is 1.75. The summed E-state index contributed by atoms with van der Waals surface area (Å²) in [6, 6.07) is 8.27. The quantitative estimate of drug-likeness (QED) is 0.661. The van der Waals surface area contributed by atoms with Gasteiger partial charge in [-0.1, -0.05) is 0 Å². The summed E-state index contributed by atoms with van der Waals surface area (Å²) in [4.78, 5) is 12.9. The number of allylic oxidation sites excluding steroid dienone is 1. The van der Waals surface area contributed by atoms with Crippen molar-refractivity contribution in [3.05, 3.63) is 57.8 Å². The van der Waals surface area contributed by atoms with Gasteiger partial charge in [0.25, 0.3) is 0 Å². The Morgan fingerprint density at radius 3 is 2.53 bits per heavy atom. The van der Waals surface area contributed by atoms with Crippen LogP contribution in [0.25, 0.3) is 6.08 Å². The molecule has 86 valence electrons. The van der Waals surface area contributed by atoms with E-state index >= 15 is 0 Å². The largest absolute Gasteiger partial charge is 0.508 e. The maximum Gasteiger partial charge on any atom is 0.185 e. The third kappa shape index (κ3) is 2.82. The van der Waals surface area contributed by atoms with E-state index in [2.05, 4.69) is 0 Å². The van der Waals surface area contributed by atoms with E-state index in [1.54, 1.807) is 29.5 Å². The Bertz CT molecular complexity index is 550. The number of aromatic hydroxyl groups is 1. The van der Waals surface area contributed by atoms with Gasteiger partial charge in [-0.2, -0.15) is 0 Å². The van der Waals surface area contributed by atoms with Crippen LogP contribution in [0.2, 0.25) is 0 Å². The topological polar surface area (TPSA) is 37.3 Å². The van der Waals surface area contributed by atoms with Crippen LogP contribution in [0.5, 0.6) is 5.75 Å². The van der Waals surface area contributed by atoms with E-state index in [1.807, 2.05) is 24.4 Å². The summed E-state index contributed by atoms with van der Waals surface area (Å²) in [5, 5.41) is 11.1. The highest BCUT2D eigenvalue weighted by molar-refractivity contribution is 7.11. The summed E-state index contributed by atoms with van der Waals surface area (Å²) in [6.45, 7) is 2.02. The van der Waals surface area contributed by atoms with Gasteiger partial charge in [-0.15, -0.1) is 11.3 Å². The number of aryl methyl sites for hydroxylation is 1. The van der Waals surface area contributed by atoms with Crippen molar-refractivity contribution in [3.8, 4) is 5.75 Å². The third-order valence-electron chi connectivity index (χ3n) is 2.44. The van der Waals surface area contributed by atoms with Gasteiger partial charge in [-0.25, -0.2) is 0 Å². The van der Waals surface area contributed by atoms with E-state index in [1.165, 1.54) is 17.7 Å². The van der Waals surface area contributed by atoms with E-state index < -0.39 is 0 Å². The van der Waals surface area contributed by atoms with Gasteiger partial charge in [-0.3, -0.25) is 4.79 Å². The van der Waals surface area contributed by atoms with Crippen LogP contribution < -0.4 is 0 Å². The average molecular weight is 244 g/mol. The fourth-order valence-electron chi connectivity index (χ4n) is 1.43. The van der Waals surface area contributed by atoms with E-state index in [4.69, 9.17) is 5.11 Å². The molecule has 0 aliphatic heterocycles. The molecule has 1 aromatic heterocycles. The first-order valence-electron chi connectivity index (χ1n) is 5.22. The molecule has 2 aromatic rings. The molecule has 0 aliphatic carbocycles. The molecule has 2 nitrogen and oxygen atoms in total. The number of carbonyl (C=O) groups excluding carboxylic acids is 1. The van der Waals surface area contributed by atoms with Crippen molar-refractivity contribution in [1.29, 1.82) is 0 Å². The van der Waals surface area contributed by atoms with Crippen molar-refractivity contribution in [2.45, 2.75) is 6.92 Å². The molecule has 0 unspecified atom stereocenters. The van der Waals surface area contributed by atoms with Crippen molar-refractivity contribution in [3.63, 3.8) is 0 Å². The van der Waals surface area contributed by atoms with E-state index in [9.17, 15) is 4.79 Å². The monoisotopic (exact) mass is 244 g/mol. The fraction of sp³-hybridized carbons (Fsp3) is 0.0714. The predicted molar refractivity (Wildman–Crippen MR) is 70.5 cm³/mol. The Balaban J connectivity index is 2.14. The molecule has 0 radical (unpaired) electrons. The second kappa shape index (κ2) is 4.97. The number of phenols is 1. The SMILES string of the molecule is Cc1ccsc1C=CC(=O)c1ccc(O)cc1. The van der Waals surface area contributed by atoms with E-state index in [0.717, 1.165) is 4.88 Å². The first kappa shape index (κ1) is 11.6. The van der Waals surface area contributed by atoms with Crippen LogP contribution in [-0.4, -0.2) is 10.9 Å². The molecule has 0 saturated carbocycles. The first-order valence-corrected chi connectivity index (χ1v) is 6.10. The number of thiophene rings is 1. The Hall–Kier alpha value is -1.87. The summed E-state index contributed by atoms with van der Waals surface area (Å²) in [6.07, 6.45) is 3.39. The second-order valence-electron chi connectivity index (χ2n) is 3.71. The van der Waals surface area contributed by atoms with Crippen molar-refractivity contribution in [2.75, 3.05) is 0 Å². The van der Waals surface area contributed by atoms with Crippen LogP contribution in [0.1, 0.15) is 20.8 Å². The minimum Gasteiger partial charge on any atom is -0.508 e. The molecule has 1 N–H and O–H groups in total. The van der Waals surface area contributed by atoms with Gasteiger partial charge >= 0.3 is 0 Å². The molecular formula is C14H12O2S. The third-order valence-corrected chi connectivity index (χ3v) is 3.42. The second-order valence-corrected chi connectivity index (χ2v) is 4.66. The molecule has 0 atom stereocenters. The lowest BCUT2D eigenvalue weighted by molar-refractivity contribution is 0.104. The molecule has 3 heteroatoms. The zero-order valence-electron chi connectivity index (χ0n) is 9.38. The highest BCUT2D eigenvalue weighted by Crippen LogP contribution is 2.18. The smallest absolute Gasteiger partial charge is 0.185 e. The van der Waals surface area contributed by atoms with E-state index in [-0.39, 0.29) is 11.5 Å². The molecule has 0 aliphatic rings. The summed E-state index contributed by atoms with van der Waals surface area (Å²) < 4.78 is 0. The van der Waals surface area contributed by atoms with Gasteiger partial charge < -0.3 is 5.11 Å². The molecule has 2 rings (SSSR count). The number of hydrogen-bond acceptors (Lipinski definition) is 3. The Morgan fingerprint density at radius 1 is 1.24 bits per heavy atom. The highest BCUT2D eigenvalue weighted by atomic mass is 32.1. The lowest BCUT2D eigenvalue weighted by Gasteiger charge is -1.96. The number of phenolic OH excluding ortho intramolecular Hbond substituents is 1. The van der Waals surface area contributed by atoms with Gasteiger partial charge in [0, 0.05) is 10.4 Å². The van der Waals surface area contributed by atoms with Gasteiger partial charge in [0.05, 0.1) is 0 Å². The number of benzene rings is 1. The van der Waals surface area contributed by atoms with E-state index in [0.29, 0.717) is 5.56 Å². The Morgan fingerprint density at radius 2 is 1.94 bits per heavy atom. The van der Waals surface area contributed by atoms with Gasteiger partial charge in [-0.05, 0) is 60.4 Å². The van der Waals surface area contributed by atoms with Crippen LogP contribution in [0.3, 0.4) is 0 Å². The molecule has 17 heavy (non-hydrogen) atoms.